The van der Waals surface area contributed by atoms with Crippen LogP contribution in [0.2, 0.25) is 0 Å². The van der Waals surface area contributed by atoms with Crippen LogP contribution in [-0.2, 0) is 0 Å². The number of anilines is 1. The highest BCUT2D eigenvalue weighted by atomic mass is 79.9. The Labute approximate surface area is 143 Å². The number of benzene rings is 1. The van der Waals surface area contributed by atoms with Gasteiger partial charge in [-0.15, -0.1) is 0 Å². The topological polar surface area (TPSA) is 29.9 Å². The lowest BCUT2D eigenvalue weighted by atomic mass is 10.1. The van der Waals surface area contributed by atoms with E-state index in [9.17, 15) is 0 Å². The van der Waals surface area contributed by atoms with Crippen molar-refractivity contribution in [2.45, 2.75) is 46.7 Å². The number of aryl methyl sites for hydroxylation is 1. The van der Waals surface area contributed by atoms with Crippen LogP contribution in [0.25, 0.3) is 0 Å². The van der Waals surface area contributed by atoms with E-state index in [0.717, 1.165) is 20.3 Å². The van der Waals surface area contributed by atoms with E-state index in [1.807, 2.05) is 0 Å². The summed E-state index contributed by atoms with van der Waals surface area (Å²) >= 11 is 7.13. The van der Waals surface area contributed by atoms with Crippen molar-refractivity contribution in [3.63, 3.8) is 0 Å². The number of hydrogen-bond donors (Lipinski definition) is 1. The SMILES string of the molecule is Cc1nn(C(C)C)c(C)c1NC(C)c1ccc(Br)cc1Br. The molecule has 1 heterocycles. The van der Waals surface area contributed by atoms with Crippen molar-refractivity contribution >= 4 is 37.5 Å². The van der Waals surface area contributed by atoms with Gasteiger partial charge in [0.15, 0.2) is 0 Å². The van der Waals surface area contributed by atoms with Gasteiger partial charge in [-0.2, -0.15) is 5.10 Å². The van der Waals surface area contributed by atoms with Gasteiger partial charge in [-0.3, -0.25) is 4.68 Å². The van der Waals surface area contributed by atoms with E-state index in [4.69, 9.17) is 0 Å². The summed E-state index contributed by atoms with van der Waals surface area (Å²) in [5, 5.41) is 8.23. The molecule has 1 aromatic heterocycles. The Morgan fingerprint density at radius 3 is 2.33 bits per heavy atom. The molecular formula is C16H21Br2N3. The fraction of sp³-hybridized carbons (Fsp3) is 0.438. The number of halogens is 2. The molecule has 5 heteroatoms. The Morgan fingerprint density at radius 1 is 1.14 bits per heavy atom. The van der Waals surface area contributed by atoms with E-state index in [-0.39, 0.29) is 6.04 Å². The van der Waals surface area contributed by atoms with E-state index in [2.05, 4.69) is 99.8 Å². The number of hydrogen-bond acceptors (Lipinski definition) is 2. The van der Waals surface area contributed by atoms with Gasteiger partial charge in [-0.1, -0.05) is 37.9 Å². The average Bonchev–Trinajstić information content (AvgIpc) is 2.66. The molecule has 0 aliphatic heterocycles. The van der Waals surface area contributed by atoms with Crippen LogP contribution < -0.4 is 5.32 Å². The van der Waals surface area contributed by atoms with Crippen molar-refractivity contribution in [1.29, 1.82) is 0 Å². The molecule has 0 amide bonds. The summed E-state index contributed by atoms with van der Waals surface area (Å²) in [6.45, 7) is 10.6. The molecule has 0 aliphatic rings. The van der Waals surface area contributed by atoms with Crippen LogP contribution in [0.15, 0.2) is 27.1 Å². The maximum Gasteiger partial charge on any atom is 0.0828 e. The van der Waals surface area contributed by atoms with Gasteiger partial charge in [0, 0.05) is 21.0 Å². The lowest BCUT2D eigenvalue weighted by Gasteiger charge is -2.18. The fourth-order valence-corrected chi connectivity index (χ4v) is 3.91. The number of nitrogens with zero attached hydrogens (tertiary/aromatic N) is 2. The summed E-state index contributed by atoms with van der Waals surface area (Å²) in [6.07, 6.45) is 0. The predicted molar refractivity (Wildman–Crippen MR) is 96.0 cm³/mol. The fourth-order valence-electron chi connectivity index (χ4n) is 2.52. The molecule has 21 heavy (non-hydrogen) atoms. The van der Waals surface area contributed by atoms with Crippen molar-refractivity contribution in [1.82, 2.24) is 9.78 Å². The van der Waals surface area contributed by atoms with Crippen LogP contribution in [0.1, 0.15) is 49.8 Å². The third-order valence-corrected chi connectivity index (χ3v) is 4.78. The maximum atomic E-state index is 4.63. The van der Waals surface area contributed by atoms with E-state index < -0.39 is 0 Å². The Balaban J connectivity index is 2.29. The highest BCUT2D eigenvalue weighted by Gasteiger charge is 2.17. The normalized spacial score (nSPS) is 12.8. The van der Waals surface area contributed by atoms with Gasteiger partial charge in [0.2, 0.25) is 0 Å². The molecule has 0 bridgehead atoms. The van der Waals surface area contributed by atoms with Gasteiger partial charge in [0.1, 0.15) is 0 Å². The molecule has 0 saturated heterocycles. The zero-order valence-electron chi connectivity index (χ0n) is 13.0. The van der Waals surface area contributed by atoms with Crippen LogP contribution >= 0.6 is 31.9 Å². The van der Waals surface area contributed by atoms with Gasteiger partial charge in [-0.05, 0) is 52.3 Å². The minimum atomic E-state index is 0.203. The second-order valence-electron chi connectivity index (χ2n) is 5.62. The molecule has 3 nitrogen and oxygen atoms in total. The van der Waals surface area contributed by atoms with Crippen LogP contribution in [0.5, 0.6) is 0 Å². The number of rotatable bonds is 4. The van der Waals surface area contributed by atoms with Crippen molar-refractivity contribution in [3.8, 4) is 0 Å². The quantitative estimate of drug-likeness (QED) is 0.687. The summed E-state index contributed by atoms with van der Waals surface area (Å²) in [6, 6.07) is 6.84. The lowest BCUT2D eigenvalue weighted by molar-refractivity contribution is 0.516. The summed E-state index contributed by atoms with van der Waals surface area (Å²) in [7, 11) is 0. The third-order valence-electron chi connectivity index (χ3n) is 3.60. The van der Waals surface area contributed by atoms with Crippen LogP contribution in [0.3, 0.4) is 0 Å². The Kier molecular flexibility index (Phi) is 5.15. The molecule has 0 radical (unpaired) electrons. The first-order chi connectivity index (χ1) is 9.81. The first-order valence-electron chi connectivity index (χ1n) is 7.08. The van der Waals surface area contributed by atoms with Crippen molar-refractivity contribution < 1.29 is 0 Å². The van der Waals surface area contributed by atoms with Crippen LogP contribution in [0.4, 0.5) is 5.69 Å². The molecule has 1 aromatic carbocycles. The van der Waals surface area contributed by atoms with E-state index >= 15 is 0 Å². The summed E-state index contributed by atoms with van der Waals surface area (Å²) in [5.41, 5.74) is 4.59. The molecule has 1 unspecified atom stereocenters. The molecule has 1 N–H and O–H groups in total. The molecule has 2 rings (SSSR count). The van der Waals surface area contributed by atoms with E-state index in [1.54, 1.807) is 0 Å². The van der Waals surface area contributed by atoms with Crippen molar-refractivity contribution in [2.75, 3.05) is 5.32 Å². The molecule has 0 fully saturated rings. The van der Waals surface area contributed by atoms with E-state index in [1.165, 1.54) is 11.3 Å². The number of aromatic nitrogens is 2. The minimum Gasteiger partial charge on any atom is -0.376 e. The second-order valence-corrected chi connectivity index (χ2v) is 7.39. The Hall–Kier alpha value is -0.810. The largest absolute Gasteiger partial charge is 0.376 e. The average molecular weight is 415 g/mol. The van der Waals surface area contributed by atoms with E-state index in [0.29, 0.717) is 6.04 Å². The number of nitrogens with one attached hydrogen (secondary N) is 1. The molecule has 0 saturated carbocycles. The summed E-state index contributed by atoms with van der Waals surface area (Å²) in [5.74, 6) is 0. The second kappa shape index (κ2) is 6.53. The lowest BCUT2D eigenvalue weighted by Crippen LogP contribution is -2.09. The van der Waals surface area contributed by atoms with Gasteiger partial charge < -0.3 is 5.32 Å². The predicted octanol–water partition coefficient (Wildman–Crippen LogP) is 5.78. The molecule has 0 spiro atoms. The van der Waals surface area contributed by atoms with Gasteiger partial charge in [-0.25, -0.2) is 0 Å². The Bertz CT molecular complexity index is 647. The standard InChI is InChI=1S/C16H21Br2N3/c1-9(2)21-12(5)16(11(4)20-21)19-10(3)14-7-6-13(17)8-15(14)18/h6-10,19H,1-5H3. The summed E-state index contributed by atoms with van der Waals surface area (Å²) < 4.78 is 4.25. The summed E-state index contributed by atoms with van der Waals surface area (Å²) in [4.78, 5) is 0. The maximum absolute atomic E-state index is 4.63. The smallest absolute Gasteiger partial charge is 0.0828 e. The first-order valence-corrected chi connectivity index (χ1v) is 8.67. The van der Waals surface area contributed by atoms with Crippen molar-refractivity contribution in [2.24, 2.45) is 0 Å². The van der Waals surface area contributed by atoms with Crippen LogP contribution in [0, 0.1) is 13.8 Å². The van der Waals surface area contributed by atoms with Crippen molar-refractivity contribution in [3.05, 3.63) is 44.1 Å². The van der Waals surface area contributed by atoms with Gasteiger partial charge >= 0.3 is 0 Å². The molecule has 2 aromatic rings. The van der Waals surface area contributed by atoms with Gasteiger partial charge in [0.05, 0.1) is 17.1 Å². The molecule has 114 valence electrons. The first kappa shape index (κ1) is 16.6. The zero-order valence-corrected chi connectivity index (χ0v) is 16.2. The van der Waals surface area contributed by atoms with Crippen LogP contribution in [-0.4, -0.2) is 9.78 Å². The Morgan fingerprint density at radius 2 is 1.81 bits per heavy atom. The van der Waals surface area contributed by atoms with Gasteiger partial charge in [0.25, 0.3) is 0 Å². The monoisotopic (exact) mass is 413 g/mol. The minimum absolute atomic E-state index is 0.203. The zero-order chi connectivity index (χ0) is 15.7. The third kappa shape index (κ3) is 3.51. The molecule has 1 atom stereocenters. The highest BCUT2D eigenvalue weighted by Crippen LogP contribution is 2.31. The molecule has 0 aliphatic carbocycles. The highest BCUT2D eigenvalue weighted by molar-refractivity contribution is 9.11. The molecular weight excluding hydrogens is 394 g/mol.